The van der Waals surface area contributed by atoms with Gasteiger partial charge in [0.05, 0.1) is 0 Å². The molecule has 0 aromatic rings. The van der Waals surface area contributed by atoms with Crippen LogP contribution in [0, 0.1) is 10.8 Å². The molecule has 0 aliphatic heterocycles. The number of unbranched alkanes of at least 4 members (excludes halogenated alkanes) is 10. The first-order valence-electron chi connectivity index (χ1n) is 10.6. The van der Waals surface area contributed by atoms with Gasteiger partial charge in [-0.1, -0.05) is 84.5 Å². The number of carboxylic acids is 4. The second-order valence-corrected chi connectivity index (χ2v) is 7.69. The van der Waals surface area contributed by atoms with Crippen molar-refractivity contribution in [2.24, 2.45) is 10.8 Å². The number of carboxylic acid groups (broad SMARTS) is 4. The number of carbonyl (C=O) groups is 4. The van der Waals surface area contributed by atoms with Crippen molar-refractivity contribution < 1.29 is 39.6 Å². The van der Waals surface area contributed by atoms with Crippen molar-refractivity contribution in [3.8, 4) is 0 Å². The molecule has 8 heteroatoms. The highest BCUT2D eigenvalue weighted by atomic mass is 16.4. The Morgan fingerprint density at radius 2 is 0.897 bits per heavy atom. The number of rotatable bonds is 18. The van der Waals surface area contributed by atoms with E-state index in [0.29, 0.717) is 6.42 Å². The maximum atomic E-state index is 11.9. The lowest BCUT2D eigenvalue weighted by Gasteiger charge is -2.38. The highest BCUT2D eigenvalue weighted by Gasteiger charge is 2.71. The van der Waals surface area contributed by atoms with Crippen molar-refractivity contribution in [3.63, 3.8) is 0 Å². The maximum absolute atomic E-state index is 11.9. The van der Waals surface area contributed by atoms with Gasteiger partial charge >= 0.3 is 23.9 Å². The molecular weight excluding hydrogens is 380 g/mol. The fourth-order valence-electron chi connectivity index (χ4n) is 4.03. The van der Waals surface area contributed by atoms with E-state index in [1.165, 1.54) is 39.0 Å². The Hall–Kier alpha value is -2.12. The minimum Gasteiger partial charge on any atom is -0.481 e. The second kappa shape index (κ2) is 13.2. The van der Waals surface area contributed by atoms with E-state index in [2.05, 4.69) is 6.92 Å². The summed E-state index contributed by atoms with van der Waals surface area (Å²) in [4.78, 5) is 47.0. The summed E-state index contributed by atoms with van der Waals surface area (Å²) in [6.07, 6.45) is 10.2. The SMILES string of the molecule is CCCCCCCCCCCCCC(CC)(C(=O)O)C(C(=O)O)(C(=O)O)C(=O)O. The Bertz CT molecular complexity index is 521. The van der Waals surface area contributed by atoms with E-state index < -0.39 is 41.1 Å². The van der Waals surface area contributed by atoms with Crippen LogP contribution in [0.4, 0.5) is 0 Å². The first kappa shape index (κ1) is 26.9. The summed E-state index contributed by atoms with van der Waals surface area (Å²) in [6, 6.07) is 0. The highest BCUT2D eigenvalue weighted by Crippen LogP contribution is 2.48. The zero-order valence-corrected chi connectivity index (χ0v) is 17.6. The third-order valence-electron chi connectivity index (χ3n) is 5.90. The molecule has 0 amide bonds. The Morgan fingerprint density at radius 1 is 0.552 bits per heavy atom. The molecule has 8 nitrogen and oxygen atoms in total. The Kier molecular flexibility index (Phi) is 12.2. The monoisotopic (exact) mass is 416 g/mol. The molecule has 0 spiro atoms. The zero-order valence-electron chi connectivity index (χ0n) is 17.6. The summed E-state index contributed by atoms with van der Waals surface area (Å²) in [5.41, 5.74) is -5.85. The predicted molar refractivity (Wildman–Crippen MR) is 107 cm³/mol. The van der Waals surface area contributed by atoms with E-state index in [0.717, 1.165) is 25.7 Å². The van der Waals surface area contributed by atoms with Gasteiger partial charge in [0.2, 0.25) is 0 Å². The van der Waals surface area contributed by atoms with Gasteiger partial charge in [0.1, 0.15) is 5.41 Å². The lowest BCUT2D eigenvalue weighted by Crippen LogP contribution is -2.61. The van der Waals surface area contributed by atoms with Gasteiger partial charge in [0.15, 0.2) is 0 Å². The van der Waals surface area contributed by atoms with Crippen LogP contribution in [-0.2, 0) is 19.2 Å². The molecule has 0 aromatic heterocycles. The molecule has 0 fully saturated rings. The van der Waals surface area contributed by atoms with Gasteiger partial charge in [-0.05, 0) is 12.8 Å². The second-order valence-electron chi connectivity index (χ2n) is 7.69. The van der Waals surface area contributed by atoms with Crippen LogP contribution in [0.2, 0.25) is 0 Å². The molecule has 0 saturated heterocycles. The minimum atomic E-state index is -3.42. The van der Waals surface area contributed by atoms with Crippen molar-refractivity contribution in [1.82, 2.24) is 0 Å². The largest absolute Gasteiger partial charge is 0.481 e. The molecule has 29 heavy (non-hydrogen) atoms. The van der Waals surface area contributed by atoms with E-state index in [4.69, 9.17) is 0 Å². The van der Waals surface area contributed by atoms with E-state index in [1.807, 2.05) is 0 Å². The summed E-state index contributed by atoms with van der Waals surface area (Å²) in [6.45, 7) is 3.49. The molecule has 1 unspecified atom stereocenters. The molecule has 0 rings (SSSR count). The van der Waals surface area contributed by atoms with Gasteiger partial charge < -0.3 is 20.4 Å². The average Bonchev–Trinajstić information content (AvgIpc) is 2.63. The van der Waals surface area contributed by atoms with Gasteiger partial charge in [-0.25, -0.2) is 0 Å². The van der Waals surface area contributed by atoms with Gasteiger partial charge in [-0.2, -0.15) is 0 Å². The Balaban J connectivity index is 4.87. The lowest BCUT2D eigenvalue weighted by molar-refractivity contribution is -0.196. The molecule has 168 valence electrons. The quantitative estimate of drug-likeness (QED) is 0.190. The van der Waals surface area contributed by atoms with Crippen molar-refractivity contribution in [2.45, 2.75) is 97.3 Å². The smallest absolute Gasteiger partial charge is 0.333 e. The fraction of sp³-hybridized carbons (Fsp3) is 0.810. The molecule has 0 aliphatic carbocycles. The van der Waals surface area contributed by atoms with Crippen LogP contribution in [0.1, 0.15) is 97.3 Å². The summed E-state index contributed by atoms with van der Waals surface area (Å²) < 4.78 is 0. The highest BCUT2D eigenvalue weighted by molar-refractivity contribution is 6.20. The van der Waals surface area contributed by atoms with Crippen LogP contribution in [0.3, 0.4) is 0 Å². The fourth-order valence-corrected chi connectivity index (χ4v) is 4.03. The zero-order chi connectivity index (χ0) is 22.5. The molecule has 0 radical (unpaired) electrons. The van der Waals surface area contributed by atoms with Crippen LogP contribution in [0.5, 0.6) is 0 Å². The van der Waals surface area contributed by atoms with E-state index in [9.17, 15) is 39.6 Å². The number of hydrogen-bond acceptors (Lipinski definition) is 4. The number of hydrogen-bond donors (Lipinski definition) is 4. The average molecular weight is 417 g/mol. The van der Waals surface area contributed by atoms with Crippen molar-refractivity contribution in [1.29, 1.82) is 0 Å². The van der Waals surface area contributed by atoms with Crippen LogP contribution in [0.15, 0.2) is 0 Å². The summed E-state index contributed by atoms with van der Waals surface area (Å²) in [7, 11) is 0. The van der Waals surface area contributed by atoms with Crippen LogP contribution in [-0.4, -0.2) is 44.3 Å². The van der Waals surface area contributed by atoms with Crippen LogP contribution < -0.4 is 0 Å². The van der Waals surface area contributed by atoms with Crippen LogP contribution in [0.25, 0.3) is 0 Å². The van der Waals surface area contributed by atoms with Crippen molar-refractivity contribution >= 4 is 23.9 Å². The van der Waals surface area contributed by atoms with Gasteiger partial charge in [0, 0.05) is 0 Å². The molecule has 0 saturated carbocycles. The van der Waals surface area contributed by atoms with Crippen LogP contribution >= 0.6 is 0 Å². The van der Waals surface area contributed by atoms with E-state index in [1.54, 1.807) is 0 Å². The maximum Gasteiger partial charge on any atom is 0.333 e. The Morgan fingerprint density at radius 3 is 1.17 bits per heavy atom. The topological polar surface area (TPSA) is 149 Å². The van der Waals surface area contributed by atoms with Crippen molar-refractivity contribution in [2.75, 3.05) is 0 Å². The normalized spacial score (nSPS) is 13.6. The van der Waals surface area contributed by atoms with Gasteiger partial charge in [-0.3, -0.25) is 19.2 Å². The summed E-state index contributed by atoms with van der Waals surface area (Å²) >= 11 is 0. The van der Waals surface area contributed by atoms with E-state index in [-0.39, 0.29) is 12.8 Å². The standard InChI is InChI=1S/C21H36O8/c1-3-5-6-7-8-9-10-11-12-13-14-15-20(4-2,16(22)23)21(17(24)25,18(26)27)19(28)29/h3-15H2,1-2H3,(H,22,23)(H,24,25)(H,26,27)(H,28,29). The number of aliphatic carboxylic acids is 4. The third kappa shape index (κ3) is 6.44. The molecule has 0 heterocycles. The predicted octanol–water partition coefficient (Wildman–Crippen LogP) is 4.41. The molecule has 0 aromatic carbocycles. The first-order valence-corrected chi connectivity index (χ1v) is 10.6. The van der Waals surface area contributed by atoms with Gasteiger partial charge in [-0.15, -0.1) is 0 Å². The minimum absolute atomic E-state index is 0.256. The lowest BCUT2D eigenvalue weighted by atomic mass is 9.59. The molecule has 1 atom stereocenters. The van der Waals surface area contributed by atoms with Gasteiger partial charge in [0.25, 0.3) is 5.41 Å². The molecule has 0 bridgehead atoms. The summed E-state index contributed by atoms with van der Waals surface area (Å²) in [5, 5.41) is 38.0. The molecule has 4 N–H and O–H groups in total. The first-order chi connectivity index (χ1) is 13.6. The van der Waals surface area contributed by atoms with E-state index >= 15 is 0 Å². The molecule has 0 aliphatic rings. The summed E-state index contributed by atoms with van der Waals surface area (Å²) in [5.74, 6) is -8.20. The Labute approximate surface area is 172 Å². The van der Waals surface area contributed by atoms with Crippen molar-refractivity contribution in [3.05, 3.63) is 0 Å². The molecular formula is C21H36O8. The third-order valence-corrected chi connectivity index (χ3v) is 5.90.